The third kappa shape index (κ3) is 8.15. The summed E-state index contributed by atoms with van der Waals surface area (Å²) in [7, 11) is 0. The Kier molecular flexibility index (Phi) is 9.11. The van der Waals surface area contributed by atoms with Crippen molar-refractivity contribution in [2.45, 2.75) is 20.8 Å². The highest BCUT2D eigenvalue weighted by Crippen LogP contribution is 1.95. The van der Waals surface area contributed by atoms with Crippen LogP contribution >= 0.6 is 0 Å². The minimum absolute atomic E-state index is 0.286. The second kappa shape index (κ2) is 9.68. The zero-order valence-corrected chi connectivity index (χ0v) is 9.75. The fourth-order valence-corrected chi connectivity index (χ4v) is 0.789. The molecule has 0 saturated heterocycles. The molecule has 0 amide bonds. The molecule has 0 aliphatic rings. The zero-order valence-electron chi connectivity index (χ0n) is 9.75. The first-order valence-corrected chi connectivity index (χ1v) is 5.17. The number of hydrogen-bond acceptors (Lipinski definition) is 4. The van der Waals surface area contributed by atoms with E-state index in [1.165, 1.54) is 0 Å². The normalized spacial score (nSPS) is 11.5. The van der Waals surface area contributed by atoms with E-state index in [-0.39, 0.29) is 12.6 Å². The quantitative estimate of drug-likeness (QED) is 0.351. The van der Waals surface area contributed by atoms with Crippen LogP contribution in [0.15, 0.2) is 11.6 Å². The molecule has 0 aromatic carbocycles. The predicted octanol–water partition coefficient (Wildman–Crippen LogP) is 1.55. The number of esters is 1. The Bertz CT molecular complexity index is 199. The molecule has 0 bridgehead atoms. The van der Waals surface area contributed by atoms with E-state index in [1.807, 2.05) is 6.92 Å². The van der Waals surface area contributed by atoms with Crippen molar-refractivity contribution in [3.8, 4) is 0 Å². The minimum atomic E-state index is -0.286. The van der Waals surface area contributed by atoms with Gasteiger partial charge >= 0.3 is 5.97 Å². The number of carbonyl (C=O) groups excluding carboxylic acids is 1. The van der Waals surface area contributed by atoms with Crippen LogP contribution in [0.2, 0.25) is 0 Å². The zero-order chi connectivity index (χ0) is 11.5. The molecule has 0 atom stereocenters. The molecule has 0 fully saturated rings. The number of carbonyl (C=O) groups is 1. The maximum absolute atomic E-state index is 11.1. The number of hydrogen-bond donors (Lipinski definition) is 0. The van der Waals surface area contributed by atoms with Gasteiger partial charge in [0.25, 0.3) is 0 Å². The van der Waals surface area contributed by atoms with Crippen molar-refractivity contribution in [3.63, 3.8) is 0 Å². The van der Waals surface area contributed by atoms with E-state index in [0.29, 0.717) is 32.0 Å². The summed E-state index contributed by atoms with van der Waals surface area (Å²) in [6, 6.07) is 0. The van der Waals surface area contributed by atoms with Crippen molar-refractivity contribution >= 4 is 5.97 Å². The topological polar surface area (TPSA) is 44.8 Å². The van der Waals surface area contributed by atoms with Gasteiger partial charge in [0.1, 0.15) is 6.61 Å². The van der Waals surface area contributed by atoms with Crippen LogP contribution in [0.5, 0.6) is 0 Å². The van der Waals surface area contributed by atoms with Gasteiger partial charge in [-0.3, -0.25) is 0 Å². The Hall–Kier alpha value is -0.870. The summed E-state index contributed by atoms with van der Waals surface area (Å²) in [5, 5.41) is 0. The van der Waals surface area contributed by atoms with Crippen LogP contribution < -0.4 is 0 Å². The molecule has 4 heteroatoms. The Balaban J connectivity index is 3.28. The average Bonchev–Trinajstić information content (AvgIpc) is 2.26. The van der Waals surface area contributed by atoms with Crippen LogP contribution in [0.25, 0.3) is 0 Å². The maximum atomic E-state index is 11.1. The Labute approximate surface area is 91.2 Å². The summed E-state index contributed by atoms with van der Waals surface area (Å²) < 4.78 is 15.2. The fraction of sp³-hybridized carbons (Fsp3) is 0.727. The second-order valence-corrected chi connectivity index (χ2v) is 2.92. The molecule has 4 nitrogen and oxygen atoms in total. The van der Waals surface area contributed by atoms with Gasteiger partial charge in [-0.1, -0.05) is 6.08 Å². The van der Waals surface area contributed by atoms with Crippen LogP contribution in [-0.4, -0.2) is 39.0 Å². The van der Waals surface area contributed by atoms with E-state index < -0.39 is 0 Å². The smallest absolute Gasteiger partial charge is 0.333 e. The van der Waals surface area contributed by atoms with E-state index in [1.54, 1.807) is 19.9 Å². The van der Waals surface area contributed by atoms with Crippen molar-refractivity contribution in [3.05, 3.63) is 11.6 Å². The summed E-state index contributed by atoms with van der Waals surface area (Å²) in [4.78, 5) is 11.1. The first-order chi connectivity index (χ1) is 7.22. The van der Waals surface area contributed by atoms with Crippen LogP contribution in [0.4, 0.5) is 0 Å². The molecule has 0 saturated carbocycles. The standard InChI is InChI=1S/C11H20O4/c1-4-10(3)11(12)15-9-8-14-7-6-13-5-2/h4H,5-9H2,1-3H3. The Morgan fingerprint density at radius 2 is 1.73 bits per heavy atom. The molecule has 88 valence electrons. The van der Waals surface area contributed by atoms with Crippen LogP contribution in [0.3, 0.4) is 0 Å². The lowest BCUT2D eigenvalue weighted by Gasteiger charge is -2.06. The molecule has 0 spiro atoms. The van der Waals surface area contributed by atoms with Gasteiger partial charge in [-0.05, 0) is 20.8 Å². The lowest BCUT2D eigenvalue weighted by molar-refractivity contribution is -0.140. The molecule has 0 radical (unpaired) electrons. The van der Waals surface area contributed by atoms with Gasteiger partial charge in [-0.15, -0.1) is 0 Å². The van der Waals surface area contributed by atoms with E-state index in [9.17, 15) is 4.79 Å². The maximum Gasteiger partial charge on any atom is 0.333 e. The van der Waals surface area contributed by atoms with Crippen LogP contribution in [0.1, 0.15) is 20.8 Å². The SMILES string of the molecule is CC=C(C)C(=O)OCCOCCOCC. The first kappa shape index (κ1) is 14.1. The van der Waals surface area contributed by atoms with Crippen molar-refractivity contribution in [2.75, 3.05) is 33.0 Å². The van der Waals surface area contributed by atoms with E-state index in [2.05, 4.69) is 0 Å². The van der Waals surface area contributed by atoms with Crippen molar-refractivity contribution in [1.29, 1.82) is 0 Å². The minimum Gasteiger partial charge on any atom is -0.460 e. The summed E-state index contributed by atoms with van der Waals surface area (Å²) in [5.41, 5.74) is 0.615. The number of ether oxygens (including phenoxy) is 3. The van der Waals surface area contributed by atoms with E-state index >= 15 is 0 Å². The predicted molar refractivity (Wildman–Crippen MR) is 57.7 cm³/mol. The lowest BCUT2D eigenvalue weighted by atomic mass is 10.3. The van der Waals surface area contributed by atoms with Gasteiger partial charge in [-0.2, -0.15) is 0 Å². The highest BCUT2D eigenvalue weighted by atomic mass is 16.6. The van der Waals surface area contributed by atoms with Crippen LogP contribution in [0, 0.1) is 0 Å². The molecule has 0 N–H and O–H groups in total. The van der Waals surface area contributed by atoms with Crippen LogP contribution in [-0.2, 0) is 19.0 Å². The molecule has 0 aromatic heterocycles. The summed E-state index contributed by atoms with van der Waals surface area (Å²) in [5.74, 6) is -0.286. The van der Waals surface area contributed by atoms with Gasteiger partial charge in [0.2, 0.25) is 0 Å². The van der Waals surface area contributed by atoms with E-state index in [4.69, 9.17) is 14.2 Å². The molecule has 0 aromatic rings. The number of rotatable bonds is 8. The van der Waals surface area contributed by atoms with Gasteiger partial charge in [-0.25, -0.2) is 4.79 Å². The highest BCUT2D eigenvalue weighted by molar-refractivity contribution is 5.87. The average molecular weight is 216 g/mol. The highest BCUT2D eigenvalue weighted by Gasteiger charge is 2.03. The molecule has 0 unspecified atom stereocenters. The van der Waals surface area contributed by atoms with E-state index in [0.717, 1.165) is 0 Å². The van der Waals surface area contributed by atoms with Crippen molar-refractivity contribution < 1.29 is 19.0 Å². The molecule has 0 aliphatic carbocycles. The fourth-order valence-electron chi connectivity index (χ4n) is 0.789. The van der Waals surface area contributed by atoms with Crippen molar-refractivity contribution in [1.82, 2.24) is 0 Å². The molecular weight excluding hydrogens is 196 g/mol. The molecule has 0 rings (SSSR count). The Morgan fingerprint density at radius 1 is 1.13 bits per heavy atom. The van der Waals surface area contributed by atoms with Gasteiger partial charge < -0.3 is 14.2 Å². The summed E-state index contributed by atoms with van der Waals surface area (Å²) >= 11 is 0. The molecule has 15 heavy (non-hydrogen) atoms. The molecule has 0 aliphatic heterocycles. The van der Waals surface area contributed by atoms with Gasteiger partial charge in [0.05, 0.1) is 19.8 Å². The Morgan fingerprint density at radius 3 is 2.33 bits per heavy atom. The molecule has 0 heterocycles. The third-order valence-electron chi connectivity index (χ3n) is 1.79. The summed E-state index contributed by atoms with van der Waals surface area (Å²) in [6.07, 6.45) is 1.72. The summed E-state index contributed by atoms with van der Waals surface area (Å²) in [6.45, 7) is 7.96. The van der Waals surface area contributed by atoms with Crippen molar-refractivity contribution in [2.24, 2.45) is 0 Å². The van der Waals surface area contributed by atoms with Gasteiger partial charge in [0, 0.05) is 12.2 Å². The third-order valence-corrected chi connectivity index (χ3v) is 1.79. The lowest BCUT2D eigenvalue weighted by Crippen LogP contribution is -2.13. The van der Waals surface area contributed by atoms with Gasteiger partial charge in [0.15, 0.2) is 0 Å². The largest absolute Gasteiger partial charge is 0.460 e. The second-order valence-electron chi connectivity index (χ2n) is 2.92. The number of allylic oxidation sites excluding steroid dienone is 1. The monoisotopic (exact) mass is 216 g/mol. The first-order valence-electron chi connectivity index (χ1n) is 5.17. The molecular formula is C11H20O4.